The molecule has 1 N–H and O–H groups in total. The van der Waals surface area contributed by atoms with E-state index in [1.165, 1.54) is 0 Å². The predicted molar refractivity (Wildman–Crippen MR) is 43.6 cm³/mol. The van der Waals surface area contributed by atoms with Crippen LogP contribution in [-0.2, 0) is 14.4 Å². The monoisotopic (exact) mass is 185 g/mol. The summed E-state index contributed by atoms with van der Waals surface area (Å²) < 4.78 is 5.24. The Labute approximate surface area is 75.3 Å². The smallest absolute Gasteiger partial charge is 0.353 e. The maximum atomic E-state index is 10.6. The van der Waals surface area contributed by atoms with Gasteiger partial charge in [-0.05, 0) is 12.8 Å². The number of carbonyl (C=O) groups is 1. The van der Waals surface area contributed by atoms with Crippen LogP contribution < -0.4 is 0 Å². The molecule has 0 aliphatic carbocycles. The molecule has 13 heavy (non-hydrogen) atoms. The van der Waals surface area contributed by atoms with Crippen molar-refractivity contribution in [2.24, 2.45) is 5.16 Å². The minimum Gasteiger partial charge on any atom is -0.477 e. The Morgan fingerprint density at radius 3 is 3.00 bits per heavy atom. The number of oxime groups is 1. The maximum absolute atomic E-state index is 10.6. The Balaban J connectivity index is 2.02. The molecule has 0 saturated carbocycles. The van der Waals surface area contributed by atoms with E-state index in [1.54, 1.807) is 0 Å². The first-order valence-corrected chi connectivity index (χ1v) is 4.28. The van der Waals surface area contributed by atoms with Crippen LogP contribution in [0.4, 0.5) is 0 Å². The lowest BCUT2D eigenvalue weighted by Gasteiger charge is -2.29. The molecule has 1 unspecified atom stereocenters. The first-order chi connectivity index (χ1) is 6.22. The molecule has 0 radical (unpaired) electrons. The van der Waals surface area contributed by atoms with E-state index in [1.807, 2.05) is 0 Å². The van der Waals surface area contributed by atoms with E-state index in [-0.39, 0.29) is 5.71 Å². The molecular weight excluding hydrogens is 174 g/mol. The fourth-order valence-corrected chi connectivity index (χ4v) is 1.67. The summed E-state index contributed by atoms with van der Waals surface area (Å²) in [6.07, 6.45) is 2.10. The van der Waals surface area contributed by atoms with Crippen molar-refractivity contribution in [1.29, 1.82) is 0 Å². The van der Waals surface area contributed by atoms with Gasteiger partial charge in [-0.2, -0.15) is 0 Å². The molecule has 5 heteroatoms. The molecule has 72 valence electrons. The van der Waals surface area contributed by atoms with E-state index in [9.17, 15) is 4.79 Å². The normalized spacial score (nSPS) is 32.8. The highest BCUT2D eigenvalue weighted by Crippen LogP contribution is 2.32. The number of rotatable bonds is 1. The topological polar surface area (TPSA) is 68.1 Å². The Bertz CT molecular complexity index is 255. The van der Waals surface area contributed by atoms with Gasteiger partial charge in [0.05, 0.1) is 6.61 Å². The number of carboxylic acid groups (broad SMARTS) is 1. The minimum atomic E-state index is -0.998. The Kier molecular flexibility index (Phi) is 1.95. The van der Waals surface area contributed by atoms with Gasteiger partial charge in [0.25, 0.3) is 0 Å². The molecule has 0 aromatic heterocycles. The molecule has 1 atom stereocenters. The van der Waals surface area contributed by atoms with Crippen molar-refractivity contribution in [3.05, 3.63) is 0 Å². The predicted octanol–water partition coefficient (Wildman–Crippen LogP) is 0.397. The van der Waals surface area contributed by atoms with Crippen LogP contribution in [0.3, 0.4) is 0 Å². The average Bonchev–Trinajstić information content (AvgIpc) is 2.51. The lowest BCUT2D eigenvalue weighted by molar-refractivity contribution is -0.129. The SMILES string of the molecule is O=C(O)C1=NOC2(CCCOC2)C1. The molecule has 1 spiro atoms. The summed E-state index contributed by atoms with van der Waals surface area (Å²) in [5.41, 5.74) is -0.378. The summed E-state index contributed by atoms with van der Waals surface area (Å²) in [5.74, 6) is -0.998. The number of carboxylic acids is 1. The van der Waals surface area contributed by atoms with E-state index in [2.05, 4.69) is 5.16 Å². The van der Waals surface area contributed by atoms with Gasteiger partial charge < -0.3 is 14.7 Å². The van der Waals surface area contributed by atoms with E-state index in [4.69, 9.17) is 14.7 Å². The van der Waals surface area contributed by atoms with Crippen LogP contribution in [0, 0.1) is 0 Å². The zero-order valence-electron chi connectivity index (χ0n) is 7.15. The quantitative estimate of drug-likeness (QED) is 0.641. The van der Waals surface area contributed by atoms with E-state index >= 15 is 0 Å². The van der Waals surface area contributed by atoms with Gasteiger partial charge in [-0.1, -0.05) is 5.16 Å². The van der Waals surface area contributed by atoms with E-state index in [0.29, 0.717) is 13.0 Å². The minimum absolute atomic E-state index is 0.102. The number of hydrogen-bond acceptors (Lipinski definition) is 4. The number of nitrogens with zero attached hydrogens (tertiary/aromatic N) is 1. The van der Waals surface area contributed by atoms with Crippen LogP contribution in [0.1, 0.15) is 19.3 Å². The standard InChI is InChI=1S/C8H11NO4/c10-7(11)6-4-8(13-9-6)2-1-3-12-5-8/h1-5H2,(H,10,11). The van der Waals surface area contributed by atoms with Crippen LogP contribution in [-0.4, -0.2) is 35.6 Å². The highest BCUT2D eigenvalue weighted by Gasteiger charge is 2.42. The molecule has 0 bridgehead atoms. The van der Waals surface area contributed by atoms with Gasteiger partial charge in [-0.25, -0.2) is 4.79 Å². The van der Waals surface area contributed by atoms with E-state index < -0.39 is 11.6 Å². The molecule has 0 aromatic rings. The Morgan fingerprint density at radius 1 is 1.62 bits per heavy atom. The van der Waals surface area contributed by atoms with Gasteiger partial charge in [0.1, 0.15) is 0 Å². The number of hydrogen-bond donors (Lipinski definition) is 1. The highest BCUT2D eigenvalue weighted by atomic mass is 16.7. The molecule has 2 rings (SSSR count). The third-order valence-electron chi connectivity index (χ3n) is 2.37. The lowest BCUT2D eigenvalue weighted by atomic mass is 9.91. The van der Waals surface area contributed by atoms with E-state index in [0.717, 1.165) is 19.4 Å². The Hall–Kier alpha value is -1.10. The van der Waals surface area contributed by atoms with Crippen molar-refractivity contribution < 1.29 is 19.5 Å². The molecule has 1 fully saturated rings. The fourth-order valence-electron chi connectivity index (χ4n) is 1.67. The molecule has 0 amide bonds. The highest BCUT2D eigenvalue weighted by molar-refractivity contribution is 6.36. The summed E-state index contributed by atoms with van der Waals surface area (Å²) in [7, 11) is 0. The first kappa shape index (κ1) is 8.50. The van der Waals surface area contributed by atoms with Crippen LogP contribution in [0.25, 0.3) is 0 Å². The largest absolute Gasteiger partial charge is 0.477 e. The van der Waals surface area contributed by atoms with Crippen molar-refractivity contribution in [3.63, 3.8) is 0 Å². The van der Waals surface area contributed by atoms with Gasteiger partial charge in [-0.3, -0.25) is 0 Å². The van der Waals surface area contributed by atoms with Crippen LogP contribution in [0.15, 0.2) is 5.16 Å². The second-order valence-corrected chi connectivity index (χ2v) is 3.45. The van der Waals surface area contributed by atoms with Crippen LogP contribution >= 0.6 is 0 Å². The van der Waals surface area contributed by atoms with Crippen LogP contribution in [0.5, 0.6) is 0 Å². The van der Waals surface area contributed by atoms with Crippen molar-refractivity contribution in [2.45, 2.75) is 24.9 Å². The van der Waals surface area contributed by atoms with Crippen molar-refractivity contribution >= 4 is 11.7 Å². The van der Waals surface area contributed by atoms with Gasteiger partial charge in [0.15, 0.2) is 11.3 Å². The van der Waals surface area contributed by atoms with Gasteiger partial charge in [0, 0.05) is 13.0 Å². The zero-order chi connectivity index (χ0) is 9.31. The summed E-state index contributed by atoms with van der Waals surface area (Å²) in [5, 5.41) is 12.2. The molecule has 0 aromatic carbocycles. The molecule has 2 heterocycles. The third kappa shape index (κ3) is 1.51. The summed E-state index contributed by atoms with van der Waals surface area (Å²) in [6, 6.07) is 0. The second-order valence-electron chi connectivity index (χ2n) is 3.45. The van der Waals surface area contributed by atoms with Crippen LogP contribution in [0.2, 0.25) is 0 Å². The summed E-state index contributed by atoms with van der Waals surface area (Å²) >= 11 is 0. The third-order valence-corrected chi connectivity index (χ3v) is 2.37. The maximum Gasteiger partial charge on any atom is 0.353 e. The molecule has 5 nitrogen and oxygen atoms in total. The van der Waals surface area contributed by atoms with Crippen molar-refractivity contribution in [1.82, 2.24) is 0 Å². The fraction of sp³-hybridized carbons (Fsp3) is 0.750. The van der Waals surface area contributed by atoms with Crippen molar-refractivity contribution in [3.8, 4) is 0 Å². The summed E-state index contributed by atoms with van der Waals surface area (Å²) in [4.78, 5) is 15.7. The summed E-state index contributed by atoms with van der Waals surface area (Å²) in [6.45, 7) is 1.18. The number of aliphatic carboxylic acids is 1. The molecule has 2 aliphatic rings. The first-order valence-electron chi connectivity index (χ1n) is 4.28. The molecule has 2 aliphatic heterocycles. The molecule has 1 saturated heterocycles. The molecular formula is C8H11NO4. The van der Waals surface area contributed by atoms with Gasteiger partial charge in [0.2, 0.25) is 0 Å². The lowest BCUT2D eigenvalue weighted by Crippen LogP contribution is -2.39. The van der Waals surface area contributed by atoms with Gasteiger partial charge in [-0.15, -0.1) is 0 Å². The number of ether oxygens (including phenoxy) is 1. The van der Waals surface area contributed by atoms with Gasteiger partial charge >= 0.3 is 5.97 Å². The second kappa shape index (κ2) is 2.99. The van der Waals surface area contributed by atoms with Crippen molar-refractivity contribution in [2.75, 3.05) is 13.2 Å². The average molecular weight is 185 g/mol. The Morgan fingerprint density at radius 2 is 2.46 bits per heavy atom. The zero-order valence-corrected chi connectivity index (χ0v) is 7.15.